The molecule has 9 heteroatoms. The van der Waals surface area contributed by atoms with Crippen LogP contribution in [0.5, 0.6) is 0 Å². The molecule has 0 radical (unpaired) electrons. The Morgan fingerprint density at radius 1 is 1.40 bits per heavy atom. The van der Waals surface area contributed by atoms with E-state index in [0.717, 1.165) is 17.0 Å². The predicted molar refractivity (Wildman–Crippen MR) is 63.2 cm³/mol. The molecule has 0 aliphatic carbocycles. The van der Waals surface area contributed by atoms with Crippen LogP contribution in [-0.2, 0) is 6.18 Å². The molecule has 0 spiro atoms. The van der Waals surface area contributed by atoms with E-state index in [1.807, 2.05) is 0 Å². The molecule has 0 atom stereocenters. The van der Waals surface area contributed by atoms with E-state index >= 15 is 0 Å². The molecule has 0 aliphatic heterocycles. The van der Waals surface area contributed by atoms with E-state index in [1.165, 1.54) is 7.05 Å². The molecule has 112 valence electrons. The Labute approximate surface area is 111 Å². The summed E-state index contributed by atoms with van der Waals surface area (Å²) in [5.41, 5.74) is 3.61. The second-order valence-electron chi connectivity index (χ2n) is 3.98. The molecule has 0 fully saturated rings. The molecule has 4 nitrogen and oxygen atoms in total. The van der Waals surface area contributed by atoms with Crippen molar-refractivity contribution >= 4 is 11.5 Å². The molecule has 0 amide bonds. The van der Waals surface area contributed by atoms with Crippen molar-refractivity contribution in [1.82, 2.24) is 0 Å². The van der Waals surface area contributed by atoms with Gasteiger partial charge in [-0.25, -0.2) is 8.78 Å². The summed E-state index contributed by atoms with van der Waals surface area (Å²) < 4.78 is 62.8. The number of oxime groups is 1. The average Bonchev–Trinajstić information content (AvgIpc) is 2.35. The van der Waals surface area contributed by atoms with E-state index in [9.17, 15) is 22.0 Å². The van der Waals surface area contributed by atoms with Crippen LogP contribution in [0.2, 0.25) is 0 Å². The number of hydrogen-bond donors (Lipinski definition) is 2. The Hall–Kier alpha value is -2.06. The minimum Gasteiger partial charge on any atom is -0.409 e. The first-order valence-electron chi connectivity index (χ1n) is 5.35. The second-order valence-corrected chi connectivity index (χ2v) is 3.98. The molecule has 0 unspecified atom stereocenters. The largest absolute Gasteiger partial charge is 0.417 e. The number of halogens is 5. The van der Waals surface area contributed by atoms with Gasteiger partial charge in [-0.1, -0.05) is 5.16 Å². The van der Waals surface area contributed by atoms with E-state index in [-0.39, 0.29) is 5.69 Å². The lowest BCUT2D eigenvalue weighted by atomic mass is 10.0. The molecular weight excluding hydrogens is 285 g/mol. The molecule has 0 saturated heterocycles. The van der Waals surface area contributed by atoms with Crippen molar-refractivity contribution < 1.29 is 27.2 Å². The van der Waals surface area contributed by atoms with Gasteiger partial charge >= 0.3 is 6.18 Å². The summed E-state index contributed by atoms with van der Waals surface area (Å²) in [7, 11) is 1.30. The summed E-state index contributed by atoms with van der Waals surface area (Å²) in [4.78, 5) is 1.07. The van der Waals surface area contributed by atoms with Crippen LogP contribution in [0.25, 0.3) is 0 Å². The van der Waals surface area contributed by atoms with Crippen molar-refractivity contribution in [3.63, 3.8) is 0 Å². The summed E-state index contributed by atoms with van der Waals surface area (Å²) in [6, 6.07) is 2.68. The van der Waals surface area contributed by atoms with Gasteiger partial charge < -0.3 is 15.8 Å². The third-order valence-corrected chi connectivity index (χ3v) is 2.54. The lowest BCUT2D eigenvalue weighted by Crippen LogP contribution is -2.26. The molecule has 0 saturated carbocycles. The van der Waals surface area contributed by atoms with Gasteiger partial charge in [-0.15, -0.1) is 0 Å². The fourth-order valence-electron chi connectivity index (χ4n) is 1.60. The highest BCUT2D eigenvalue weighted by Gasteiger charge is 2.34. The van der Waals surface area contributed by atoms with Gasteiger partial charge in [-0.05, 0) is 18.2 Å². The van der Waals surface area contributed by atoms with Crippen LogP contribution >= 0.6 is 0 Å². The first kappa shape index (κ1) is 16.0. The van der Waals surface area contributed by atoms with Gasteiger partial charge in [-0.2, -0.15) is 13.2 Å². The van der Waals surface area contributed by atoms with Gasteiger partial charge in [-0.3, -0.25) is 0 Å². The number of alkyl halides is 5. The lowest BCUT2D eigenvalue weighted by molar-refractivity contribution is -0.137. The zero-order valence-electron chi connectivity index (χ0n) is 10.3. The number of nitrogens with two attached hydrogens (primary N) is 1. The lowest BCUT2D eigenvalue weighted by Gasteiger charge is -2.21. The Bertz CT molecular complexity index is 501. The second kappa shape index (κ2) is 5.93. The van der Waals surface area contributed by atoms with Crippen LogP contribution in [0.4, 0.5) is 27.6 Å². The number of nitrogens with zero attached hydrogens (tertiary/aromatic N) is 2. The maximum absolute atomic E-state index is 12.8. The highest BCUT2D eigenvalue weighted by molar-refractivity contribution is 5.99. The Balaban J connectivity index is 3.28. The Morgan fingerprint density at radius 3 is 2.45 bits per heavy atom. The van der Waals surface area contributed by atoms with E-state index in [0.29, 0.717) is 6.07 Å². The molecular formula is C11H12F5N3O. The van der Waals surface area contributed by atoms with E-state index in [1.54, 1.807) is 0 Å². The highest BCUT2D eigenvalue weighted by Crippen LogP contribution is 2.33. The number of amidine groups is 1. The maximum Gasteiger partial charge on any atom is 0.417 e. The average molecular weight is 297 g/mol. The minimum absolute atomic E-state index is 0.0971. The number of hydrogen-bond acceptors (Lipinski definition) is 3. The third kappa shape index (κ3) is 3.72. The fourth-order valence-corrected chi connectivity index (χ4v) is 1.60. The van der Waals surface area contributed by atoms with Crippen molar-refractivity contribution in [3.05, 3.63) is 29.3 Å². The van der Waals surface area contributed by atoms with Crippen molar-refractivity contribution in [2.45, 2.75) is 12.6 Å². The summed E-state index contributed by atoms with van der Waals surface area (Å²) in [6.45, 7) is -0.652. The molecule has 1 rings (SSSR count). The number of rotatable bonds is 4. The van der Waals surface area contributed by atoms with Crippen molar-refractivity contribution in [2.75, 3.05) is 18.5 Å². The molecule has 0 aliphatic rings. The molecule has 0 bridgehead atoms. The molecule has 1 aromatic carbocycles. The summed E-state index contributed by atoms with van der Waals surface area (Å²) in [5.74, 6) is -0.746. The van der Waals surface area contributed by atoms with Crippen molar-refractivity contribution in [2.24, 2.45) is 10.9 Å². The quantitative estimate of drug-likeness (QED) is 0.295. The Morgan fingerprint density at radius 2 is 2.00 bits per heavy atom. The third-order valence-electron chi connectivity index (χ3n) is 2.54. The van der Waals surface area contributed by atoms with Crippen molar-refractivity contribution in [3.8, 4) is 0 Å². The summed E-state index contributed by atoms with van der Waals surface area (Å²) in [5, 5.41) is 11.0. The van der Waals surface area contributed by atoms with Crippen LogP contribution < -0.4 is 10.6 Å². The maximum atomic E-state index is 12.8. The summed E-state index contributed by atoms with van der Waals surface area (Å²) >= 11 is 0. The standard InChI is InChI=1S/C11H12F5N3O/c1-19(5-9(12)13)6-2-3-8(11(14,15)16)7(4-6)10(17)18-20/h2-4,9,20H,5H2,1H3,(H2,17,18). The first-order valence-corrected chi connectivity index (χ1v) is 5.35. The topological polar surface area (TPSA) is 61.8 Å². The van der Waals surface area contributed by atoms with Crippen LogP contribution in [-0.4, -0.2) is 31.1 Å². The van der Waals surface area contributed by atoms with Crippen LogP contribution in [0.15, 0.2) is 23.4 Å². The molecule has 20 heavy (non-hydrogen) atoms. The van der Waals surface area contributed by atoms with Crippen molar-refractivity contribution in [1.29, 1.82) is 0 Å². The first-order chi connectivity index (χ1) is 9.16. The van der Waals surface area contributed by atoms with Crippen LogP contribution in [0.3, 0.4) is 0 Å². The van der Waals surface area contributed by atoms with Crippen LogP contribution in [0, 0.1) is 0 Å². The zero-order chi connectivity index (χ0) is 15.5. The minimum atomic E-state index is -4.70. The van der Waals surface area contributed by atoms with Gasteiger partial charge in [0.1, 0.15) is 0 Å². The monoisotopic (exact) mass is 297 g/mol. The van der Waals surface area contributed by atoms with Gasteiger partial charge in [0.15, 0.2) is 5.84 Å². The normalized spacial score (nSPS) is 12.8. The summed E-state index contributed by atoms with van der Waals surface area (Å²) in [6.07, 6.45) is -7.35. The number of anilines is 1. The van der Waals surface area contributed by atoms with E-state index < -0.39 is 36.1 Å². The van der Waals surface area contributed by atoms with Crippen LogP contribution in [0.1, 0.15) is 11.1 Å². The molecule has 1 aromatic rings. The molecule has 3 N–H and O–H groups in total. The van der Waals surface area contributed by atoms with Gasteiger partial charge in [0.25, 0.3) is 6.43 Å². The molecule has 0 aromatic heterocycles. The smallest absolute Gasteiger partial charge is 0.409 e. The molecule has 0 heterocycles. The van der Waals surface area contributed by atoms with E-state index in [4.69, 9.17) is 10.9 Å². The van der Waals surface area contributed by atoms with Gasteiger partial charge in [0.2, 0.25) is 0 Å². The van der Waals surface area contributed by atoms with Gasteiger partial charge in [0.05, 0.1) is 12.1 Å². The van der Waals surface area contributed by atoms with E-state index in [2.05, 4.69) is 5.16 Å². The van der Waals surface area contributed by atoms with Gasteiger partial charge in [0, 0.05) is 18.3 Å². The highest BCUT2D eigenvalue weighted by atomic mass is 19.4. The SMILES string of the molecule is CN(CC(F)F)c1ccc(C(F)(F)F)c(/C(N)=N/O)c1. The number of benzene rings is 1. The Kier molecular flexibility index (Phi) is 4.74. The zero-order valence-corrected chi connectivity index (χ0v) is 10.3. The fraction of sp³-hybridized carbons (Fsp3) is 0.364. The predicted octanol–water partition coefficient (Wildman–Crippen LogP) is 2.50.